The summed E-state index contributed by atoms with van der Waals surface area (Å²) in [4.78, 5) is 4.04. The van der Waals surface area contributed by atoms with Crippen LogP contribution in [0.4, 0.5) is 0 Å². The number of aliphatic hydroxyl groups is 1. The standard InChI is InChI=1S/C8H16N4O2/c1-12-8(10-6-11-12)4-9-3-7(13)5-14-2/h6-7,9,13H,3-5H2,1-2H3. The van der Waals surface area contributed by atoms with Gasteiger partial charge in [-0.2, -0.15) is 5.10 Å². The zero-order valence-corrected chi connectivity index (χ0v) is 8.47. The van der Waals surface area contributed by atoms with Gasteiger partial charge in [-0.25, -0.2) is 4.98 Å². The molecule has 0 amide bonds. The molecule has 14 heavy (non-hydrogen) atoms. The van der Waals surface area contributed by atoms with Gasteiger partial charge in [-0.3, -0.25) is 4.68 Å². The van der Waals surface area contributed by atoms with Crippen LogP contribution in [0.1, 0.15) is 5.82 Å². The quantitative estimate of drug-likeness (QED) is 0.610. The summed E-state index contributed by atoms with van der Waals surface area (Å²) in [7, 11) is 3.39. The molecule has 0 radical (unpaired) electrons. The highest BCUT2D eigenvalue weighted by molar-refractivity contribution is 4.82. The predicted octanol–water partition coefficient (Wildman–Crippen LogP) is -1.09. The molecule has 1 unspecified atom stereocenters. The molecule has 0 aromatic carbocycles. The largest absolute Gasteiger partial charge is 0.389 e. The van der Waals surface area contributed by atoms with E-state index in [4.69, 9.17) is 4.74 Å². The van der Waals surface area contributed by atoms with Crippen LogP contribution in [0.3, 0.4) is 0 Å². The Morgan fingerprint density at radius 1 is 1.71 bits per heavy atom. The predicted molar refractivity (Wildman–Crippen MR) is 50.6 cm³/mol. The zero-order valence-electron chi connectivity index (χ0n) is 8.47. The van der Waals surface area contributed by atoms with Crippen molar-refractivity contribution < 1.29 is 9.84 Å². The highest BCUT2D eigenvalue weighted by Gasteiger charge is 2.04. The van der Waals surface area contributed by atoms with E-state index in [0.29, 0.717) is 19.7 Å². The number of methoxy groups -OCH3 is 1. The van der Waals surface area contributed by atoms with Gasteiger partial charge >= 0.3 is 0 Å². The van der Waals surface area contributed by atoms with E-state index in [1.165, 1.54) is 6.33 Å². The van der Waals surface area contributed by atoms with Crippen molar-refractivity contribution in [1.29, 1.82) is 0 Å². The molecule has 2 N–H and O–H groups in total. The van der Waals surface area contributed by atoms with E-state index in [1.54, 1.807) is 11.8 Å². The minimum atomic E-state index is -0.478. The van der Waals surface area contributed by atoms with Gasteiger partial charge < -0.3 is 15.2 Å². The van der Waals surface area contributed by atoms with Crippen LogP contribution in [0.2, 0.25) is 0 Å². The number of nitrogens with one attached hydrogen (secondary N) is 1. The lowest BCUT2D eigenvalue weighted by molar-refractivity contribution is 0.0642. The SMILES string of the molecule is COCC(O)CNCc1ncnn1C. The molecule has 1 aromatic rings. The maximum absolute atomic E-state index is 9.32. The summed E-state index contributed by atoms with van der Waals surface area (Å²) in [5, 5.41) is 16.3. The highest BCUT2D eigenvalue weighted by Crippen LogP contribution is 1.89. The smallest absolute Gasteiger partial charge is 0.140 e. The fraction of sp³-hybridized carbons (Fsp3) is 0.750. The Labute approximate surface area is 82.9 Å². The number of nitrogens with zero attached hydrogens (tertiary/aromatic N) is 3. The minimum absolute atomic E-state index is 0.339. The van der Waals surface area contributed by atoms with Crippen LogP contribution in [0.5, 0.6) is 0 Å². The molecule has 0 fully saturated rings. The van der Waals surface area contributed by atoms with Gasteiger partial charge in [0.15, 0.2) is 0 Å². The van der Waals surface area contributed by atoms with E-state index >= 15 is 0 Å². The second-order valence-electron chi connectivity index (χ2n) is 3.04. The van der Waals surface area contributed by atoms with E-state index in [-0.39, 0.29) is 0 Å². The summed E-state index contributed by atoms with van der Waals surface area (Å²) < 4.78 is 6.48. The third kappa shape index (κ3) is 3.41. The number of aliphatic hydroxyl groups excluding tert-OH is 1. The Kier molecular flexibility index (Phi) is 4.51. The van der Waals surface area contributed by atoms with Crippen molar-refractivity contribution in [3.8, 4) is 0 Å². The molecule has 0 saturated carbocycles. The van der Waals surface area contributed by atoms with E-state index in [2.05, 4.69) is 15.4 Å². The first-order valence-corrected chi connectivity index (χ1v) is 4.44. The molecule has 0 aliphatic rings. The van der Waals surface area contributed by atoms with Crippen LogP contribution < -0.4 is 5.32 Å². The van der Waals surface area contributed by atoms with Gasteiger partial charge in [0, 0.05) is 20.7 Å². The number of rotatable bonds is 6. The van der Waals surface area contributed by atoms with Crippen molar-refractivity contribution in [2.45, 2.75) is 12.6 Å². The van der Waals surface area contributed by atoms with Crippen molar-refractivity contribution in [3.63, 3.8) is 0 Å². The fourth-order valence-electron chi connectivity index (χ4n) is 1.08. The molecule has 80 valence electrons. The lowest BCUT2D eigenvalue weighted by Crippen LogP contribution is -2.30. The van der Waals surface area contributed by atoms with E-state index < -0.39 is 6.10 Å². The summed E-state index contributed by atoms with van der Waals surface area (Å²) in [6.45, 7) is 1.42. The Hall–Kier alpha value is -0.980. The lowest BCUT2D eigenvalue weighted by Gasteiger charge is -2.09. The third-order valence-corrected chi connectivity index (χ3v) is 1.83. The molecule has 0 bridgehead atoms. The zero-order chi connectivity index (χ0) is 10.4. The molecule has 1 atom stereocenters. The van der Waals surface area contributed by atoms with Crippen LogP contribution in [0.25, 0.3) is 0 Å². The van der Waals surface area contributed by atoms with Crippen molar-refractivity contribution in [3.05, 3.63) is 12.2 Å². The van der Waals surface area contributed by atoms with Crippen molar-refractivity contribution in [2.24, 2.45) is 7.05 Å². The fourth-order valence-corrected chi connectivity index (χ4v) is 1.08. The van der Waals surface area contributed by atoms with Crippen molar-refractivity contribution in [2.75, 3.05) is 20.3 Å². The molecule has 0 aliphatic heterocycles. The summed E-state index contributed by atoms with van der Waals surface area (Å²) in [6.07, 6.45) is 1.02. The Morgan fingerprint density at radius 3 is 3.07 bits per heavy atom. The summed E-state index contributed by atoms with van der Waals surface area (Å²) in [5.41, 5.74) is 0. The summed E-state index contributed by atoms with van der Waals surface area (Å²) in [6, 6.07) is 0. The average Bonchev–Trinajstić information content (AvgIpc) is 2.52. The monoisotopic (exact) mass is 200 g/mol. The molecule has 0 aliphatic carbocycles. The van der Waals surface area contributed by atoms with Crippen LogP contribution >= 0.6 is 0 Å². The van der Waals surface area contributed by atoms with Crippen LogP contribution in [0.15, 0.2) is 6.33 Å². The third-order valence-electron chi connectivity index (χ3n) is 1.83. The molecule has 6 heteroatoms. The molecule has 6 nitrogen and oxygen atoms in total. The van der Waals surface area contributed by atoms with E-state index in [1.807, 2.05) is 7.05 Å². The molecular formula is C8H16N4O2. The highest BCUT2D eigenvalue weighted by atomic mass is 16.5. The summed E-state index contributed by atoms with van der Waals surface area (Å²) in [5.74, 6) is 0.842. The molecule has 1 aromatic heterocycles. The van der Waals surface area contributed by atoms with Crippen LogP contribution in [-0.4, -0.2) is 46.2 Å². The first-order chi connectivity index (χ1) is 6.74. The topological polar surface area (TPSA) is 72.2 Å². The number of aryl methyl sites for hydroxylation is 1. The Balaban J connectivity index is 2.19. The van der Waals surface area contributed by atoms with E-state index in [0.717, 1.165) is 5.82 Å². The maximum Gasteiger partial charge on any atom is 0.140 e. The summed E-state index contributed by atoms with van der Waals surface area (Å²) >= 11 is 0. The van der Waals surface area contributed by atoms with Gasteiger partial charge in [0.25, 0.3) is 0 Å². The molecule has 1 rings (SSSR count). The molecular weight excluding hydrogens is 184 g/mol. The average molecular weight is 200 g/mol. The second kappa shape index (κ2) is 5.69. The number of aromatic nitrogens is 3. The van der Waals surface area contributed by atoms with Gasteiger partial charge in [0.2, 0.25) is 0 Å². The van der Waals surface area contributed by atoms with Gasteiger partial charge in [0.1, 0.15) is 12.2 Å². The molecule has 0 spiro atoms. The maximum atomic E-state index is 9.32. The van der Waals surface area contributed by atoms with Gasteiger partial charge in [-0.05, 0) is 0 Å². The van der Waals surface area contributed by atoms with Crippen molar-refractivity contribution >= 4 is 0 Å². The number of ether oxygens (including phenoxy) is 1. The number of hydrogen-bond donors (Lipinski definition) is 2. The van der Waals surface area contributed by atoms with Gasteiger partial charge in [-0.1, -0.05) is 0 Å². The molecule has 1 heterocycles. The van der Waals surface area contributed by atoms with Crippen LogP contribution in [-0.2, 0) is 18.3 Å². The van der Waals surface area contributed by atoms with Crippen LogP contribution in [0, 0.1) is 0 Å². The Morgan fingerprint density at radius 2 is 2.50 bits per heavy atom. The Bertz CT molecular complexity index is 264. The minimum Gasteiger partial charge on any atom is -0.389 e. The van der Waals surface area contributed by atoms with Crippen molar-refractivity contribution in [1.82, 2.24) is 20.1 Å². The first-order valence-electron chi connectivity index (χ1n) is 4.44. The molecule has 0 saturated heterocycles. The number of hydrogen-bond acceptors (Lipinski definition) is 5. The van der Waals surface area contributed by atoms with Gasteiger partial charge in [0.05, 0.1) is 19.3 Å². The van der Waals surface area contributed by atoms with E-state index in [9.17, 15) is 5.11 Å². The normalized spacial score (nSPS) is 13.1. The van der Waals surface area contributed by atoms with Gasteiger partial charge in [-0.15, -0.1) is 0 Å². The lowest BCUT2D eigenvalue weighted by atomic mass is 10.4. The second-order valence-corrected chi connectivity index (χ2v) is 3.04. The first kappa shape index (κ1) is 11.1.